The Bertz CT molecular complexity index is 268. The van der Waals surface area contributed by atoms with Crippen LogP contribution in [0.3, 0.4) is 0 Å². The average molecular weight is 193 g/mol. The van der Waals surface area contributed by atoms with Crippen molar-refractivity contribution in [2.75, 3.05) is 7.11 Å². The zero-order valence-corrected chi connectivity index (χ0v) is 9.16. The fourth-order valence-corrected chi connectivity index (χ4v) is 1.41. The van der Waals surface area contributed by atoms with Gasteiger partial charge in [0.15, 0.2) is 0 Å². The quantitative estimate of drug-likeness (QED) is 0.798. The lowest BCUT2D eigenvalue weighted by atomic mass is 9.93. The Balaban J connectivity index is 2.75. The van der Waals surface area contributed by atoms with Gasteiger partial charge in [0, 0.05) is 6.04 Å². The summed E-state index contributed by atoms with van der Waals surface area (Å²) in [6.07, 6.45) is 1.10. The Morgan fingerprint density at radius 1 is 1.29 bits per heavy atom. The summed E-state index contributed by atoms with van der Waals surface area (Å²) in [7, 11) is 1.67. The van der Waals surface area contributed by atoms with E-state index in [-0.39, 0.29) is 6.04 Å². The number of rotatable bonds is 4. The van der Waals surface area contributed by atoms with Crippen molar-refractivity contribution in [1.82, 2.24) is 0 Å². The molecule has 78 valence electrons. The minimum Gasteiger partial charge on any atom is -0.497 e. The second kappa shape index (κ2) is 5.01. The molecule has 1 aromatic rings. The van der Waals surface area contributed by atoms with E-state index >= 15 is 0 Å². The van der Waals surface area contributed by atoms with Crippen molar-refractivity contribution < 1.29 is 4.74 Å². The third-order valence-corrected chi connectivity index (χ3v) is 2.76. The molecule has 0 bridgehead atoms. The first kappa shape index (κ1) is 11.1. The minimum atomic E-state index is 0.130. The SMILES string of the molecule is CCC(C)[C@@H](N)c1ccc(OC)cc1. The third kappa shape index (κ3) is 2.48. The molecule has 0 heterocycles. The number of hydrogen-bond acceptors (Lipinski definition) is 2. The van der Waals surface area contributed by atoms with Gasteiger partial charge in [-0.2, -0.15) is 0 Å². The van der Waals surface area contributed by atoms with Gasteiger partial charge in [-0.05, 0) is 23.6 Å². The molecule has 0 aromatic heterocycles. The molecule has 0 fully saturated rings. The lowest BCUT2D eigenvalue weighted by Gasteiger charge is -2.18. The van der Waals surface area contributed by atoms with Crippen molar-refractivity contribution in [2.45, 2.75) is 26.3 Å². The molecule has 0 radical (unpaired) electrons. The van der Waals surface area contributed by atoms with Gasteiger partial charge >= 0.3 is 0 Å². The first-order valence-corrected chi connectivity index (χ1v) is 5.08. The van der Waals surface area contributed by atoms with Gasteiger partial charge in [-0.25, -0.2) is 0 Å². The molecular weight excluding hydrogens is 174 g/mol. The molecule has 0 saturated carbocycles. The van der Waals surface area contributed by atoms with E-state index in [1.54, 1.807) is 7.11 Å². The Morgan fingerprint density at radius 3 is 2.29 bits per heavy atom. The van der Waals surface area contributed by atoms with Crippen molar-refractivity contribution in [2.24, 2.45) is 11.7 Å². The number of hydrogen-bond donors (Lipinski definition) is 1. The Hall–Kier alpha value is -1.02. The minimum absolute atomic E-state index is 0.130. The van der Waals surface area contributed by atoms with Gasteiger partial charge < -0.3 is 10.5 Å². The van der Waals surface area contributed by atoms with Crippen LogP contribution in [-0.4, -0.2) is 7.11 Å². The van der Waals surface area contributed by atoms with Gasteiger partial charge in [-0.15, -0.1) is 0 Å². The molecule has 1 unspecified atom stereocenters. The first-order chi connectivity index (χ1) is 6.69. The fraction of sp³-hybridized carbons (Fsp3) is 0.500. The summed E-state index contributed by atoms with van der Waals surface area (Å²) in [6, 6.07) is 8.12. The molecule has 0 aliphatic rings. The van der Waals surface area contributed by atoms with Crippen molar-refractivity contribution >= 4 is 0 Å². The normalized spacial score (nSPS) is 14.9. The maximum absolute atomic E-state index is 6.10. The molecule has 2 atom stereocenters. The standard InChI is InChI=1S/C12H19NO/c1-4-9(2)12(13)10-5-7-11(14-3)8-6-10/h5-9,12H,4,13H2,1-3H3/t9?,12-/m1/s1. The third-order valence-electron chi connectivity index (χ3n) is 2.76. The molecule has 1 aromatic carbocycles. The predicted molar refractivity (Wildman–Crippen MR) is 59.4 cm³/mol. The maximum atomic E-state index is 6.10. The summed E-state index contributed by atoms with van der Waals surface area (Å²) in [5.74, 6) is 1.40. The molecule has 0 aliphatic heterocycles. The summed E-state index contributed by atoms with van der Waals surface area (Å²) >= 11 is 0. The molecule has 14 heavy (non-hydrogen) atoms. The maximum Gasteiger partial charge on any atom is 0.118 e. The van der Waals surface area contributed by atoms with E-state index in [0.29, 0.717) is 5.92 Å². The van der Waals surface area contributed by atoms with E-state index in [0.717, 1.165) is 12.2 Å². The summed E-state index contributed by atoms with van der Waals surface area (Å²) in [5, 5.41) is 0. The Morgan fingerprint density at radius 2 is 1.86 bits per heavy atom. The van der Waals surface area contributed by atoms with Gasteiger partial charge in [-0.1, -0.05) is 32.4 Å². The predicted octanol–water partition coefficient (Wildman–Crippen LogP) is 2.74. The second-order valence-electron chi connectivity index (χ2n) is 3.68. The topological polar surface area (TPSA) is 35.2 Å². The number of nitrogens with two attached hydrogens (primary N) is 1. The molecule has 0 spiro atoms. The summed E-state index contributed by atoms with van der Waals surface area (Å²) in [5.41, 5.74) is 7.28. The number of ether oxygens (including phenoxy) is 1. The molecule has 1 rings (SSSR count). The van der Waals surface area contributed by atoms with Crippen LogP contribution in [-0.2, 0) is 0 Å². The molecule has 0 aliphatic carbocycles. The van der Waals surface area contributed by atoms with E-state index in [9.17, 15) is 0 Å². The summed E-state index contributed by atoms with van der Waals surface area (Å²) in [6.45, 7) is 4.34. The van der Waals surface area contributed by atoms with Crippen LogP contribution >= 0.6 is 0 Å². The van der Waals surface area contributed by atoms with E-state index in [2.05, 4.69) is 13.8 Å². The smallest absolute Gasteiger partial charge is 0.118 e. The van der Waals surface area contributed by atoms with Crippen LogP contribution in [0.15, 0.2) is 24.3 Å². The van der Waals surface area contributed by atoms with Crippen molar-refractivity contribution in [3.63, 3.8) is 0 Å². The van der Waals surface area contributed by atoms with Crippen molar-refractivity contribution in [3.05, 3.63) is 29.8 Å². The Labute approximate surface area is 86.1 Å². The zero-order chi connectivity index (χ0) is 10.6. The lowest BCUT2D eigenvalue weighted by Crippen LogP contribution is -2.18. The van der Waals surface area contributed by atoms with Crippen LogP contribution in [0.2, 0.25) is 0 Å². The highest BCUT2D eigenvalue weighted by molar-refractivity contribution is 5.29. The monoisotopic (exact) mass is 193 g/mol. The highest BCUT2D eigenvalue weighted by atomic mass is 16.5. The van der Waals surface area contributed by atoms with Gasteiger partial charge in [0.05, 0.1) is 7.11 Å². The molecule has 2 N–H and O–H groups in total. The van der Waals surface area contributed by atoms with Crippen LogP contribution in [0.1, 0.15) is 31.9 Å². The molecule has 0 amide bonds. The van der Waals surface area contributed by atoms with Crippen LogP contribution in [0.25, 0.3) is 0 Å². The molecule has 2 nitrogen and oxygen atoms in total. The van der Waals surface area contributed by atoms with Crippen molar-refractivity contribution in [1.29, 1.82) is 0 Å². The van der Waals surface area contributed by atoms with Gasteiger partial charge in [0.25, 0.3) is 0 Å². The number of benzene rings is 1. The molecule has 2 heteroatoms. The van der Waals surface area contributed by atoms with E-state index < -0.39 is 0 Å². The lowest BCUT2D eigenvalue weighted by molar-refractivity contribution is 0.413. The van der Waals surface area contributed by atoms with Crippen LogP contribution in [0, 0.1) is 5.92 Å². The van der Waals surface area contributed by atoms with E-state index in [1.165, 1.54) is 5.56 Å². The summed E-state index contributed by atoms with van der Waals surface area (Å²) in [4.78, 5) is 0. The zero-order valence-electron chi connectivity index (χ0n) is 9.16. The van der Waals surface area contributed by atoms with E-state index in [1.807, 2.05) is 24.3 Å². The highest BCUT2D eigenvalue weighted by Gasteiger charge is 2.12. The largest absolute Gasteiger partial charge is 0.497 e. The van der Waals surface area contributed by atoms with Gasteiger partial charge in [0.2, 0.25) is 0 Å². The first-order valence-electron chi connectivity index (χ1n) is 5.08. The summed E-state index contributed by atoms with van der Waals surface area (Å²) < 4.78 is 5.09. The van der Waals surface area contributed by atoms with Crippen LogP contribution < -0.4 is 10.5 Å². The van der Waals surface area contributed by atoms with Crippen LogP contribution in [0.4, 0.5) is 0 Å². The van der Waals surface area contributed by atoms with Crippen molar-refractivity contribution in [3.8, 4) is 5.75 Å². The van der Waals surface area contributed by atoms with Crippen LogP contribution in [0.5, 0.6) is 5.75 Å². The highest BCUT2D eigenvalue weighted by Crippen LogP contribution is 2.23. The van der Waals surface area contributed by atoms with Gasteiger partial charge in [-0.3, -0.25) is 0 Å². The molecular formula is C12H19NO. The fourth-order valence-electron chi connectivity index (χ4n) is 1.41. The second-order valence-corrected chi connectivity index (χ2v) is 3.68. The van der Waals surface area contributed by atoms with E-state index in [4.69, 9.17) is 10.5 Å². The molecule has 0 saturated heterocycles. The Kier molecular flexibility index (Phi) is 3.96. The van der Waals surface area contributed by atoms with Gasteiger partial charge in [0.1, 0.15) is 5.75 Å². The number of methoxy groups -OCH3 is 1. The average Bonchev–Trinajstić information content (AvgIpc) is 2.27.